The Labute approximate surface area is 93.8 Å². The number of amides is 1. The van der Waals surface area contributed by atoms with E-state index in [1.807, 2.05) is 4.90 Å². The Bertz CT molecular complexity index is 207. The standard InChI is InChI=1S/C11H23N3O/c1-2-3-4-5-13-10-11(15)14-8-6-12-7-9-14/h12-13H,2-10H2,1H3/i5D/t5-/m1/s1. The third-order valence-electron chi connectivity index (χ3n) is 2.57. The van der Waals surface area contributed by atoms with Gasteiger partial charge in [0.05, 0.1) is 6.54 Å². The van der Waals surface area contributed by atoms with E-state index in [0.717, 1.165) is 45.4 Å². The normalized spacial score (nSPS) is 19.8. The highest BCUT2D eigenvalue weighted by Gasteiger charge is 2.14. The van der Waals surface area contributed by atoms with Gasteiger partial charge in [0.25, 0.3) is 0 Å². The van der Waals surface area contributed by atoms with Crippen LogP contribution < -0.4 is 10.6 Å². The van der Waals surface area contributed by atoms with Crippen LogP contribution in [0.4, 0.5) is 0 Å². The van der Waals surface area contributed by atoms with Crippen molar-refractivity contribution in [3.8, 4) is 0 Å². The Morgan fingerprint density at radius 3 is 2.87 bits per heavy atom. The number of hydrogen-bond donors (Lipinski definition) is 2. The molecule has 4 nitrogen and oxygen atoms in total. The molecule has 1 aliphatic rings. The van der Waals surface area contributed by atoms with Crippen molar-refractivity contribution in [3.63, 3.8) is 0 Å². The van der Waals surface area contributed by atoms with Gasteiger partial charge in [0, 0.05) is 27.5 Å². The molecular weight excluding hydrogens is 190 g/mol. The van der Waals surface area contributed by atoms with Crippen LogP contribution in [0.5, 0.6) is 0 Å². The molecule has 1 heterocycles. The summed E-state index contributed by atoms with van der Waals surface area (Å²) in [5, 5.41) is 6.18. The van der Waals surface area contributed by atoms with Crippen molar-refractivity contribution in [2.24, 2.45) is 0 Å². The summed E-state index contributed by atoms with van der Waals surface area (Å²) in [4.78, 5) is 13.6. The maximum absolute atomic E-state index is 11.7. The summed E-state index contributed by atoms with van der Waals surface area (Å²) >= 11 is 0. The highest BCUT2D eigenvalue weighted by Crippen LogP contribution is 1.93. The lowest BCUT2D eigenvalue weighted by Gasteiger charge is -2.27. The Morgan fingerprint density at radius 2 is 2.20 bits per heavy atom. The zero-order chi connectivity index (χ0) is 11.8. The van der Waals surface area contributed by atoms with Gasteiger partial charge in [-0.3, -0.25) is 4.79 Å². The molecule has 1 saturated heterocycles. The second-order valence-corrected chi connectivity index (χ2v) is 3.86. The molecule has 4 heteroatoms. The van der Waals surface area contributed by atoms with E-state index < -0.39 is 0 Å². The molecular formula is C11H23N3O. The number of piperazine rings is 1. The van der Waals surface area contributed by atoms with Crippen molar-refractivity contribution in [2.45, 2.75) is 26.2 Å². The molecule has 0 aliphatic carbocycles. The number of nitrogens with zero attached hydrogens (tertiary/aromatic N) is 1. The lowest BCUT2D eigenvalue weighted by Crippen LogP contribution is -2.49. The third kappa shape index (κ3) is 5.14. The van der Waals surface area contributed by atoms with Crippen molar-refractivity contribution < 1.29 is 6.17 Å². The molecule has 1 rings (SSSR count). The molecule has 2 N–H and O–H groups in total. The van der Waals surface area contributed by atoms with Crippen LogP contribution in [0.3, 0.4) is 0 Å². The molecule has 88 valence electrons. The molecule has 0 aromatic carbocycles. The third-order valence-corrected chi connectivity index (χ3v) is 2.57. The van der Waals surface area contributed by atoms with Crippen LogP contribution in [0.2, 0.25) is 0 Å². The van der Waals surface area contributed by atoms with Gasteiger partial charge in [0.1, 0.15) is 0 Å². The van der Waals surface area contributed by atoms with E-state index in [4.69, 9.17) is 1.37 Å². The predicted molar refractivity (Wildman–Crippen MR) is 61.8 cm³/mol. The highest BCUT2D eigenvalue weighted by atomic mass is 16.2. The Morgan fingerprint density at radius 1 is 1.47 bits per heavy atom. The molecule has 1 aliphatic heterocycles. The molecule has 0 aromatic rings. The van der Waals surface area contributed by atoms with Crippen LogP contribution in [0.25, 0.3) is 0 Å². The molecule has 0 spiro atoms. The van der Waals surface area contributed by atoms with Crippen LogP contribution in [0, 0.1) is 0 Å². The first-order chi connectivity index (χ1) is 7.74. The van der Waals surface area contributed by atoms with Gasteiger partial charge in [-0.15, -0.1) is 0 Å². The first-order valence-electron chi connectivity index (χ1n) is 6.46. The van der Waals surface area contributed by atoms with Crippen molar-refractivity contribution in [3.05, 3.63) is 0 Å². The van der Waals surface area contributed by atoms with E-state index in [1.165, 1.54) is 0 Å². The number of carbonyl (C=O) groups is 1. The van der Waals surface area contributed by atoms with E-state index in [-0.39, 0.29) is 12.4 Å². The molecule has 0 aromatic heterocycles. The highest BCUT2D eigenvalue weighted by molar-refractivity contribution is 5.78. The minimum atomic E-state index is -0.299. The van der Waals surface area contributed by atoms with Gasteiger partial charge in [-0.05, 0) is 12.9 Å². The van der Waals surface area contributed by atoms with Crippen molar-refractivity contribution >= 4 is 5.91 Å². The van der Waals surface area contributed by atoms with Gasteiger partial charge in [-0.2, -0.15) is 0 Å². The average Bonchev–Trinajstić information content (AvgIpc) is 2.34. The number of unbranched alkanes of at least 4 members (excludes halogenated alkanes) is 1. The summed E-state index contributed by atoms with van der Waals surface area (Å²) in [6.45, 7) is 5.46. The SMILES string of the molecule is [2H][C@H](CCCC)NCC(=O)N1CCNCC1. The summed E-state index contributed by atoms with van der Waals surface area (Å²) in [5.74, 6) is 0.121. The first-order valence-corrected chi connectivity index (χ1v) is 5.88. The fourth-order valence-corrected chi connectivity index (χ4v) is 1.59. The van der Waals surface area contributed by atoms with E-state index in [1.54, 1.807) is 0 Å². The van der Waals surface area contributed by atoms with Crippen molar-refractivity contribution in [2.75, 3.05) is 39.2 Å². The lowest BCUT2D eigenvalue weighted by atomic mass is 10.2. The molecule has 0 radical (unpaired) electrons. The summed E-state index contributed by atoms with van der Waals surface area (Å²) in [6, 6.07) is 0. The zero-order valence-corrected chi connectivity index (χ0v) is 9.59. The van der Waals surface area contributed by atoms with Crippen LogP contribution >= 0.6 is 0 Å². The van der Waals surface area contributed by atoms with Gasteiger partial charge in [-0.25, -0.2) is 0 Å². The van der Waals surface area contributed by atoms with Crippen molar-refractivity contribution in [1.82, 2.24) is 15.5 Å². The second kappa shape index (κ2) is 7.65. The molecule has 0 saturated carbocycles. The zero-order valence-electron chi connectivity index (χ0n) is 10.6. The predicted octanol–water partition coefficient (Wildman–Crippen LogP) is 0.198. The molecule has 1 atom stereocenters. The molecule has 1 fully saturated rings. The number of rotatable bonds is 6. The Hall–Kier alpha value is -0.610. The molecule has 15 heavy (non-hydrogen) atoms. The smallest absolute Gasteiger partial charge is 0.236 e. The average molecular weight is 214 g/mol. The van der Waals surface area contributed by atoms with Gasteiger partial charge in [0.15, 0.2) is 0 Å². The fraction of sp³-hybridized carbons (Fsp3) is 0.909. The van der Waals surface area contributed by atoms with Crippen LogP contribution in [0.15, 0.2) is 0 Å². The van der Waals surface area contributed by atoms with E-state index >= 15 is 0 Å². The lowest BCUT2D eigenvalue weighted by molar-refractivity contribution is -0.130. The number of carbonyl (C=O) groups excluding carboxylic acids is 1. The van der Waals surface area contributed by atoms with Gasteiger partial charge < -0.3 is 15.5 Å². The van der Waals surface area contributed by atoms with Gasteiger partial charge >= 0.3 is 0 Å². The van der Waals surface area contributed by atoms with Gasteiger partial charge in [0.2, 0.25) is 5.91 Å². The molecule has 0 unspecified atom stereocenters. The number of hydrogen-bond acceptors (Lipinski definition) is 3. The summed E-state index contributed by atoms with van der Waals surface area (Å²) < 4.78 is 7.69. The van der Waals surface area contributed by atoms with Crippen LogP contribution in [0.1, 0.15) is 27.6 Å². The topological polar surface area (TPSA) is 44.4 Å². The molecule has 0 bridgehead atoms. The summed E-state index contributed by atoms with van der Waals surface area (Å²) in [7, 11) is 0. The first kappa shape index (κ1) is 10.9. The maximum Gasteiger partial charge on any atom is 0.236 e. The second-order valence-electron chi connectivity index (χ2n) is 3.86. The minimum absolute atomic E-state index is 0.121. The van der Waals surface area contributed by atoms with Gasteiger partial charge in [-0.1, -0.05) is 19.8 Å². The van der Waals surface area contributed by atoms with Crippen LogP contribution in [-0.4, -0.2) is 50.1 Å². The number of nitrogens with one attached hydrogen (secondary N) is 2. The van der Waals surface area contributed by atoms with Crippen molar-refractivity contribution in [1.29, 1.82) is 0 Å². The van der Waals surface area contributed by atoms with E-state index in [2.05, 4.69) is 17.6 Å². The quantitative estimate of drug-likeness (QED) is 0.664. The minimum Gasteiger partial charge on any atom is -0.339 e. The Kier molecular flexibility index (Phi) is 5.56. The van der Waals surface area contributed by atoms with E-state index in [9.17, 15) is 4.79 Å². The monoisotopic (exact) mass is 214 g/mol. The maximum atomic E-state index is 11.7. The molecule has 1 amide bonds. The fourth-order valence-electron chi connectivity index (χ4n) is 1.59. The largest absolute Gasteiger partial charge is 0.339 e. The Balaban J connectivity index is 2.13. The van der Waals surface area contributed by atoms with E-state index in [0.29, 0.717) is 6.54 Å². The van der Waals surface area contributed by atoms with Crippen LogP contribution in [-0.2, 0) is 4.79 Å². The summed E-state index contributed by atoms with van der Waals surface area (Å²) in [5.41, 5.74) is 0. The summed E-state index contributed by atoms with van der Waals surface area (Å²) in [6.07, 6.45) is 2.97.